The van der Waals surface area contributed by atoms with Crippen LogP contribution in [0, 0.1) is 11.8 Å². The van der Waals surface area contributed by atoms with Crippen LogP contribution in [-0.2, 0) is 0 Å². The summed E-state index contributed by atoms with van der Waals surface area (Å²) >= 11 is 0. The number of hydrogen-bond acceptors (Lipinski definition) is 2. The van der Waals surface area contributed by atoms with Gasteiger partial charge in [0.25, 0.3) is 0 Å². The highest BCUT2D eigenvalue weighted by Gasteiger charge is 2.39. The molecule has 11 heavy (non-hydrogen) atoms. The number of rotatable bonds is 0. The maximum absolute atomic E-state index is 6.03. The van der Waals surface area contributed by atoms with E-state index in [2.05, 4.69) is 0 Å². The lowest BCUT2D eigenvalue weighted by atomic mass is 9.77. The van der Waals surface area contributed by atoms with Crippen LogP contribution in [0.1, 0.15) is 32.1 Å². The summed E-state index contributed by atoms with van der Waals surface area (Å²) in [4.78, 5) is 0. The molecule has 4 atom stereocenters. The molecule has 2 nitrogen and oxygen atoms in total. The second-order valence-corrected chi connectivity index (χ2v) is 4.16. The fourth-order valence-corrected chi connectivity index (χ4v) is 2.89. The summed E-state index contributed by atoms with van der Waals surface area (Å²) in [7, 11) is 0. The summed E-state index contributed by atoms with van der Waals surface area (Å²) in [6.07, 6.45) is 6.36. The van der Waals surface area contributed by atoms with Gasteiger partial charge >= 0.3 is 0 Å². The fraction of sp³-hybridized carbons (Fsp3) is 1.00. The number of nitrogens with two attached hydrogens (primary N) is 2. The molecule has 0 heterocycles. The molecule has 0 spiro atoms. The molecule has 0 aromatic carbocycles. The quantitative estimate of drug-likeness (QED) is 0.543. The van der Waals surface area contributed by atoms with Crippen LogP contribution >= 0.6 is 0 Å². The average molecular weight is 154 g/mol. The van der Waals surface area contributed by atoms with Gasteiger partial charge < -0.3 is 11.5 Å². The minimum atomic E-state index is 0.460. The zero-order valence-corrected chi connectivity index (χ0v) is 7.00. The van der Waals surface area contributed by atoms with Crippen molar-refractivity contribution in [1.82, 2.24) is 0 Å². The summed E-state index contributed by atoms with van der Waals surface area (Å²) in [6, 6.07) is 0.925. The lowest BCUT2D eigenvalue weighted by Crippen LogP contribution is -2.40. The zero-order chi connectivity index (χ0) is 7.84. The van der Waals surface area contributed by atoms with E-state index < -0.39 is 0 Å². The summed E-state index contributed by atoms with van der Waals surface area (Å²) in [5.74, 6) is 1.53. The van der Waals surface area contributed by atoms with Crippen LogP contribution in [0.15, 0.2) is 0 Å². The van der Waals surface area contributed by atoms with Crippen LogP contribution < -0.4 is 11.5 Å². The standard InChI is InChI=1S/C9H18N2/c10-8-3-1-2-6-7(8)4-5-9(6)11/h6-9H,1-5,10-11H2. The van der Waals surface area contributed by atoms with Crippen molar-refractivity contribution in [1.29, 1.82) is 0 Å². The van der Waals surface area contributed by atoms with Crippen molar-refractivity contribution in [3.8, 4) is 0 Å². The van der Waals surface area contributed by atoms with Crippen LogP contribution in [0.25, 0.3) is 0 Å². The van der Waals surface area contributed by atoms with Crippen molar-refractivity contribution < 1.29 is 0 Å². The third-order valence-corrected chi connectivity index (χ3v) is 3.56. The van der Waals surface area contributed by atoms with Gasteiger partial charge in [0.1, 0.15) is 0 Å². The van der Waals surface area contributed by atoms with Crippen LogP contribution in [0.2, 0.25) is 0 Å². The van der Waals surface area contributed by atoms with Crippen molar-refractivity contribution in [3.63, 3.8) is 0 Å². The van der Waals surface area contributed by atoms with E-state index in [0.29, 0.717) is 12.1 Å². The summed E-state index contributed by atoms with van der Waals surface area (Å²) in [5, 5.41) is 0. The first-order valence-electron chi connectivity index (χ1n) is 4.80. The Labute approximate surface area is 68.3 Å². The van der Waals surface area contributed by atoms with Gasteiger partial charge in [-0.05, 0) is 37.5 Å². The molecular weight excluding hydrogens is 136 g/mol. The molecule has 0 aromatic rings. The summed E-state index contributed by atoms with van der Waals surface area (Å²) in [6.45, 7) is 0. The summed E-state index contributed by atoms with van der Waals surface area (Å²) in [5.41, 5.74) is 12.0. The lowest BCUT2D eigenvalue weighted by Gasteiger charge is -2.32. The van der Waals surface area contributed by atoms with Gasteiger partial charge in [-0.2, -0.15) is 0 Å². The molecule has 2 rings (SSSR count). The largest absolute Gasteiger partial charge is 0.327 e. The molecule has 0 bridgehead atoms. The molecule has 2 saturated carbocycles. The predicted octanol–water partition coefficient (Wildman–Crippen LogP) is 0.851. The van der Waals surface area contributed by atoms with Crippen molar-refractivity contribution >= 4 is 0 Å². The molecule has 64 valence electrons. The Kier molecular flexibility index (Phi) is 1.90. The highest BCUT2D eigenvalue weighted by molar-refractivity contribution is 4.95. The van der Waals surface area contributed by atoms with Gasteiger partial charge in [-0.25, -0.2) is 0 Å². The van der Waals surface area contributed by atoms with Gasteiger partial charge in [0.05, 0.1) is 0 Å². The van der Waals surface area contributed by atoms with Crippen molar-refractivity contribution in [2.75, 3.05) is 0 Å². The normalized spacial score (nSPS) is 50.7. The molecule has 4 unspecified atom stereocenters. The van der Waals surface area contributed by atoms with Crippen LogP contribution in [0.5, 0.6) is 0 Å². The van der Waals surface area contributed by atoms with Crippen molar-refractivity contribution in [2.45, 2.75) is 44.2 Å². The van der Waals surface area contributed by atoms with E-state index in [0.717, 1.165) is 11.8 Å². The maximum Gasteiger partial charge on any atom is 0.00705 e. The number of hydrogen-bond donors (Lipinski definition) is 2. The molecular formula is C9H18N2. The number of fused-ring (bicyclic) bond motifs is 1. The van der Waals surface area contributed by atoms with Gasteiger partial charge in [-0.3, -0.25) is 0 Å². The van der Waals surface area contributed by atoms with Gasteiger partial charge in [-0.1, -0.05) is 6.42 Å². The van der Waals surface area contributed by atoms with Gasteiger partial charge in [0, 0.05) is 12.1 Å². The minimum Gasteiger partial charge on any atom is -0.327 e. The summed E-state index contributed by atoms with van der Waals surface area (Å²) < 4.78 is 0. The Bertz CT molecular complexity index is 144. The van der Waals surface area contributed by atoms with E-state index >= 15 is 0 Å². The Morgan fingerprint density at radius 3 is 2.09 bits per heavy atom. The Hall–Kier alpha value is -0.0800. The van der Waals surface area contributed by atoms with Crippen molar-refractivity contribution in [2.24, 2.45) is 23.3 Å². The molecule has 2 aliphatic carbocycles. The van der Waals surface area contributed by atoms with Crippen LogP contribution in [0.4, 0.5) is 0 Å². The molecule has 4 N–H and O–H groups in total. The van der Waals surface area contributed by atoms with Gasteiger partial charge in [-0.15, -0.1) is 0 Å². The molecule has 2 fully saturated rings. The van der Waals surface area contributed by atoms with Gasteiger partial charge in [0.2, 0.25) is 0 Å². The highest BCUT2D eigenvalue weighted by atomic mass is 14.7. The fourth-order valence-electron chi connectivity index (χ4n) is 2.89. The maximum atomic E-state index is 6.03. The topological polar surface area (TPSA) is 52.0 Å². The van der Waals surface area contributed by atoms with Crippen LogP contribution in [-0.4, -0.2) is 12.1 Å². The monoisotopic (exact) mass is 154 g/mol. The Morgan fingerprint density at radius 2 is 1.36 bits per heavy atom. The average Bonchev–Trinajstić information content (AvgIpc) is 2.35. The van der Waals surface area contributed by atoms with E-state index in [1.807, 2.05) is 0 Å². The van der Waals surface area contributed by atoms with E-state index in [1.54, 1.807) is 0 Å². The second kappa shape index (κ2) is 2.76. The molecule has 2 aliphatic rings. The molecule has 0 aliphatic heterocycles. The third-order valence-electron chi connectivity index (χ3n) is 3.56. The Morgan fingerprint density at radius 1 is 0.727 bits per heavy atom. The van der Waals surface area contributed by atoms with E-state index in [-0.39, 0.29) is 0 Å². The Balaban J connectivity index is 2.07. The second-order valence-electron chi connectivity index (χ2n) is 4.16. The molecule has 2 heteroatoms. The first-order valence-corrected chi connectivity index (χ1v) is 4.80. The highest BCUT2D eigenvalue weighted by Crippen LogP contribution is 2.40. The van der Waals surface area contributed by atoms with E-state index in [1.165, 1.54) is 32.1 Å². The van der Waals surface area contributed by atoms with E-state index in [9.17, 15) is 0 Å². The zero-order valence-electron chi connectivity index (χ0n) is 7.00. The molecule has 0 radical (unpaired) electrons. The van der Waals surface area contributed by atoms with Crippen LogP contribution in [0.3, 0.4) is 0 Å². The van der Waals surface area contributed by atoms with E-state index in [4.69, 9.17) is 11.5 Å². The first kappa shape index (κ1) is 7.56. The molecule has 0 saturated heterocycles. The molecule has 0 aromatic heterocycles. The lowest BCUT2D eigenvalue weighted by molar-refractivity contribution is 0.227. The third kappa shape index (κ3) is 1.18. The smallest absolute Gasteiger partial charge is 0.00705 e. The minimum absolute atomic E-state index is 0.460. The van der Waals surface area contributed by atoms with Crippen molar-refractivity contribution in [3.05, 3.63) is 0 Å². The van der Waals surface area contributed by atoms with Gasteiger partial charge in [0.15, 0.2) is 0 Å². The first-order chi connectivity index (χ1) is 5.29. The SMILES string of the molecule is NC1CCC2C(N)CCCC12. The predicted molar refractivity (Wildman–Crippen MR) is 46.0 cm³/mol. The molecule has 0 amide bonds.